The Kier molecular flexibility index (Phi) is 11.6. The van der Waals surface area contributed by atoms with Crippen LogP contribution < -0.4 is 16.2 Å². The van der Waals surface area contributed by atoms with Gasteiger partial charge in [0.15, 0.2) is 0 Å². The van der Waals surface area contributed by atoms with Gasteiger partial charge in [-0.2, -0.15) is 0 Å². The molecule has 13 nitrogen and oxygen atoms in total. The van der Waals surface area contributed by atoms with Gasteiger partial charge in [0, 0.05) is 84.0 Å². The third-order valence-corrected chi connectivity index (χ3v) is 12.1. The lowest BCUT2D eigenvalue weighted by Gasteiger charge is -2.40. The maximum absolute atomic E-state index is 13.5. The van der Waals surface area contributed by atoms with Crippen LogP contribution in [0.15, 0.2) is 35.1 Å². The zero-order valence-corrected chi connectivity index (χ0v) is 29.8. The number of aromatic nitrogens is 1. The maximum atomic E-state index is 13.5. The highest BCUT2D eigenvalue weighted by atomic mass is 32.2. The highest BCUT2D eigenvalue weighted by Crippen LogP contribution is 2.36. The highest BCUT2D eigenvalue weighted by Gasteiger charge is 2.42. The molecule has 4 atom stereocenters. The summed E-state index contributed by atoms with van der Waals surface area (Å²) in [6, 6.07) is 9.55. The van der Waals surface area contributed by atoms with Gasteiger partial charge in [-0.05, 0) is 70.0 Å². The fraction of sp³-hybridized carbons (Fsp3) is 0.676. The van der Waals surface area contributed by atoms with E-state index in [9.17, 15) is 27.9 Å². The molecule has 1 aromatic heterocycles. The molecule has 3 aliphatic heterocycles. The lowest BCUT2D eigenvalue weighted by atomic mass is 9.96. The summed E-state index contributed by atoms with van der Waals surface area (Å²) in [7, 11) is -0.416. The van der Waals surface area contributed by atoms with Crippen molar-refractivity contribution in [1.29, 1.82) is 0 Å². The van der Waals surface area contributed by atoms with E-state index in [1.807, 2.05) is 43.0 Å². The van der Waals surface area contributed by atoms with Crippen molar-refractivity contribution in [2.45, 2.75) is 89.2 Å². The van der Waals surface area contributed by atoms with Crippen LogP contribution in [0.25, 0.3) is 10.9 Å². The molecule has 2 bridgehead atoms. The van der Waals surface area contributed by atoms with E-state index in [1.54, 1.807) is 15.5 Å². The van der Waals surface area contributed by atoms with E-state index in [4.69, 9.17) is 0 Å². The minimum absolute atomic E-state index is 0.0633. The summed E-state index contributed by atoms with van der Waals surface area (Å²) in [5, 5.41) is 18.5. The monoisotopic (exact) mass is 687 g/mol. The van der Waals surface area contributed by atoms with Crippen molar-refractivity contribution in [1.82, 2.24) is 34.2 Å². The first-order chi connectivity index (χ1) is 22.7. The number of hydrogen-bond donors (Lipinski definition) is 3. The first-order valence-corrected chi connectivity index (χ1v) is 18.9. The van der Waals surface area contributed by atoms with Crippen LogP contribution in [0.2, 0.25) is 0 Å². The van der Waals surface area contributed by atoms with Gasteiger partial charge < -0.3 is 25.2 Å². The van der Waals surface area contributed by atoms with Gasteiger partial charge in [0.25, 0.3) is 11.5 Å². The Morgan fingerprint density at radius 2 is 1.77 bits per heavy atom. The topological polar surface area (TPSA) is 148 Å². The van der Waals surface area contributed by atoms with Crippen LogP contribution in [0.4, 0.5) is 0 Å². The van der Waals surface area contributed by atoms with Crippen molar-refractivity contribution in [3.63, 3.8) is 0 Å². The summed E-state index contributed by atoms with van der Waals surface area (Å²) < 4.78 is 28.3. The number of nitrogens with zero attached hydrogens (tertiary/aromatic N) is 5. The number of amides is 2. The number of piperidine rings is 1. The molecule has 0 saturated carbocycles. The summed E-state index contributed by atoms with van der Waals surface area (Å²) >= 11 is 0. The van der Waals surface area contributed by atoms with E-state index in [2.05, 4.69) is 15.5 Å². The second-order valence-electron chi connectivity index (χ2n) is 14.2. The largest absolute Gasteiger partial charge is 0.390 e. The number of fused-ring (bicyclic) bond motifs is 3. The van der Waals surface area contributed by atoms with Crippen LogP contribution in [0.3, 0.4) is 0 Å². The molecule has 266 valence electrons. The van der Waals surface area contributed by atoms with Crippen LogP contribution >= 0.6 is 0 Å². The highest BCUT2D eigenvalue weighted by molar-refractivity contribution is 7.88. The minimum Gasteiger partial charge on any atom is -0.390 e. The van der Waals surface area contributed by atoms with Crippen LogP contribution in [0.1, 0.15) is 69.3 Å². The van der Waals surface area contributed by atoms with Crippen molar-refractivity contribution in [2.75, 3.05) is 59.2 Å². The number of aliphatic hydroxyl groups is 1. The van der Waals surface area contributed by atoms with Gasteiger partial charge in [0.05, 0.1) is 11.6 Å². The molecule has 5 rings (SSSR count). The van der Waals surface area contributed by atoms with Crippen molar-refractivity contribution in [2.24, 2.45) is 0 Å². The summed E-state index contributed by atoms with van der Waals surface area (Å²) in [6.45, 7) is 8.16. The predicted molar refractivity (Wildman–Crippen MR) is 186 cm³/mol. The minimum atomic E-state index is -3.47. The summed E-state index contributed by atoms with van der Waals surface area (Å²) in [5.74, 6) is -0.635. The SMILES string of the molecule is CC(=O)N(CCN(CS(=O)(=O)N(C)C)[C@H]1CCNC1)CC(O)CN1[C@@H]2CC[C@@H]1CC(NC(=O)c1cc3ccccc3n(C(C)C)c1=O)C2. The predicted octanol–water partition coefficient (Wildman–Crippen LogP) is 1.03. The Morgan fingerprint density at radius 3 is 2.38 bits per heavy atom. The molecule has 3 aliphatic rings. The van der Waals surface area contributed by atoms with Gasteiger partial charge in [0.1, 0.15) is 11.4 Å². The van der Waals surface area contributed by atoms with Crippen molar-refractivity contribution < 1.29 is 23.1 Å². The summed E-state index contributed by atoms with van der Waals surface area (Å²) in [6.07, 6.45) is 3.43. The number of carbonyl (C=O) groups excluding carboxylic acids is 2. The number of hydrogen-bond acceptors (Lipinski definition) is 9. The molecule has 4 heterocycles. The number of pyridine rings is 1. The Labute approximate surface area is 284 Å². The lowest BCUT2D eigenvalue weighted by molar-refractivity contribution is -0.130. The molecular weight excluding hydrogens is 634 g/mol. The van der Waals surface area contributed by atoms with Gasteiger partial charge in [-0.25, -0.2) is 12.7 Å². The number of sulfonamides is 1. The van der Waals surface area contributed by atoms with Crippen molar-refractivity contribution >= 4 is 32.7 Å². The van der Waals surface area contributed by atoms with Crippen LogP contribution in [0.5, 0.6) is 0 Å². The third-order valence-electron chi connectivity index (χ3n) is 10.3. The maximum Gasteiger partial charge on any atom is 0.264 e. The molecule has 2 aromatic rings. The third kappa shape index (κ3) is 8.28. The van der Waals surface area contributed by atoms with Crippen LogP contribution in [-0.2, 0) is 14.8 Å². The van der Waals surface area contributed by atoms with E-state index in [0.717, 1.165) is 49.6 Å². The van der Waals surface area contributed by atoms with Gasteiger partial charge >= 0.3 is 0 Å². The molecule has 0 aliphatic carbocycles. The number of nitrogens with one attached hydrogen (secondary N) is 2. The molecule has 3 N–H and O–H groups in total. The first-order valence-electron chi connectivity index (χ1n) is 17.2. The normalized spacial score (nSPS) is 23.8. The molecule has 14 heteroatoms. The number of benzene rings is 1. The smallest absolute Gasteiger partial charge is 0.264 e. The Balaban J connectivity index is 1.18. The second-order valence-corrected chi connectivity index (χ2v) is 16.4. The van der Waals surface area contributed by atoms with Crippen LogP contribution in [0, 0.1) is 0 Å². The lowest BCUT2D eigenvalue weighted by Crippen LogP contribution is -2.54. The first kappa shape index (κ1) is 36.4. The van der Waals surface area contributed by atoms with Crippen molar-refractivity contribution in [3.8, 4) is 0 Å². The Bertz CT molecular complexity index is 1610. The number of aliphatic hydroxyl groups excluding tert-OH is 1. The van der Waals surface area contributed by atoms with Crippen molar-refractivity contribution in [3.05, 3.63) is 46.2 Å². The van der Waals surface area contributed by atoms with Gasteiger partial charge in [-0.15, -0.1) is 0 Å². The standard InChI is InChI=1S/C34H53N7O6S/c1-23(2)41-32-9-7-6-8-25(32)16-31(34(41)45)33(44)36-26-17-27-10-11-28(18-26)40(27)21-30(43)20-38(24(3)42)14-15-39(29-12-13-35-19-29)22-48(46,47)37(4)5/h6-9,16,23,26-30,35,43H,10-15,17-22H2,1-5H3,(H,36,44)/t27-,28-,29+,30?/m1/s1. The van der Waals surface area contributed by atoms with E-state index in [-0.39, 0.29) is 65.6 Å². The molecule has 48 heavy (non-hydrogen) atoms. The van der Waals surface area contributed by atoms with E-state index < -0.39 is 16.1 Å². The van der Waals surface area contributed by atoms with Gasteiger partial charge in [0.2, 0.25) is 15.9 Å². The van der Waals surface area contributed by atoms with E-state index >= 15 is 0 Å². The Hall–Kier alpha value is -2.88. The average Bonchev–Trinajstić information content (AvgIpc) is 3.63. The van der Waals surface area contributed by atoms with Gasteiger partial charge in [-0.1, -0.05) is 18.2 Å². The van der Waals surface area contributed by atoms with E-state index in [1.165, 1.54) is 25.3 Å². The van der Waals surface area contributed by atoms with Crippen LogP contribution in [-0.4, -0.2) is 138 Å². The Morgan fingerprint density at radius 1 is 1.08 bits per heavy atom. The fourth-order valence-electron chi connectivity index (χ4n) is 7.72. The molecular formula is C34H53N7O6S. The zero-order valence-electron chi connectivity index (χ0n) is 29.0. The second kappa shape index (κ2) is 15.3. The molecule has 2 amide bonds. The number of rotatable bonds is 14. The van der Waals surface area contributed by atoms with Gasteiger partial charge in [-0.3, -0.25) is 24.2 Å². The molecule has 3 saturated heterocycles. The summed E-state index contributed by atoms with van der Waals surface area (Å²) in [5.41, 5.74) is 0.670. The molecule has 0 spiro atoms. The average molecular weight is 688 g/mol. The van der Waals surface area contributed by atoms with E-state index in [0.29, 0.717) is 26.2 Å². The number of para-hydroxylation sites is 1. The molecule has 0 radical (unpaired) electrons. The molecule has 1 unspecified atom stereocenters. The molecule has 1 aromatic carbocycles. The zero-order chi connectivity index (χ0) is 34.7. The fourth-order valence-corrected chi connectivity index (χ4v) is 8.71. The number of carbonyl (C=O) groups is 2. The molecule has 3 fully saturated rings. The summed E-state index contributed by atoms with van der Waals surface area (Å²) in [4.78, 5) is 45.4. The quantitative estimate of drug-likeness (QED) is 0.265.